The number of para-hydroxylation sites is 4. The molecule has 5 heteroatoms. The average molecular weight is 798 g/mol. The molecule has 3 heterocycles. The van der Waals surface area contributed by atoms with Gasteiger partial charge in [0.2, 0.25) is 0 Å². The third-order valence-corrected chi connectivity index (χ3v) is 13.2. The van der Waals surface area contributed by atoms with Crippen LogP contribution in [-0.4, -0.2) is 19.1 Å². The van der Waals surface area contributed by atoms with Crippen LogP contribution in [0.1, 0.15) is 89.6 Å². The topological polar surface area (TPSA) is 42.4 Å². The molecule has 0 atom stereocenters. The summed E-state index contributed by atoms with van der Waals surface area (Å²) in [6.07, 6.45) is 7.90. The van der Waals surface area contributed by atoms with Gasteiger partial charge in [0.1, 0.15) is 0 Å². The Morgan fingerprint density at radius 2 is 1.18 bits per heavy atom. The van der Waals surface area contributed by atoms with Gasteiger partial charge >= 0.3 is 0 Å². The molecule has 5 nitrogen and oxygen atoms in total. The van der Waals surface area contributed by atoms with Crippen LogP contribution in [0.2, 0.25) is 0 Å². The van der Waals surface area contributed by atoms with E-state index in [0.717, 1.165) is 61.9 Å². The monoisotopic (exact) mass is 797 g/mol. The predicted octanol–water partition coefficient (Wildman–Crippen LogP) is 13.7. The fraction of sp³-hybridized carbons (Fsp3) is 0.214. The lowest BCUT2D eigenvalue weighted by Crippen LogP contribution is -2.41. The van der Waals surface area contributed by atoms with Gasteiger partial charge in [0.25, 0.3) is 6.33 Å². The first-order valence-electron chi connectivity index (χ1n) is 21.6. The zero-order valence-electron chi connectivity index (χ0n) is 36.6. The summed E-state index contributed by atoms with van der Waals surface area (Å²) in [5, 5.41) is 0. The van der Waals surface area contributed by atoms with E-state index in [1.165, 1.54) is 22.4 Å². The molecule has 0 radical (unpaired) electrons. The molecule has 0 aliphatic carbocycles. The molecular weight excluding hydrogens is 743 g/mol. The van der Waals surface area contributed by atoms with Crippen LogP contribution in [0.15, 0.2) is 170 Å². The van der Waals surface area contributed by atoms with Crippen molar-refractivity contribution in [2.75, 3.05) is 0 Å². The van der Waals surface area contributed by atoms with E-state index in [0.29, 0.717) is 11.8 Å². The van der Waals surface area contributed by atoms with Gasteiger partial charge in [-0.25, -0.2) is 4.98 Å². The quantitative estimate of drug-likeness (QED) is 0.103. The molecule has 6 aromatic carbocycles. The van der Waals surface area contributed by atoms with Gasteiger partial charge in [0, 0.05) is 23.5 Å². The number of aromatic amines is 1. The minimum atomic E-state index is -0.290. The van der Waals surface area contributed by atoms with Crippen molar-refractivity contribution in [1.29, 1.82) is 0 Å². The third-order valence-electron chi connectivity index (χ3n) is 13.2. The minimum absolute atomic E-state index is 0.283. The van der Waals surface area contributed by atoms with Crippen molar-refractivity contribution in [2.45, 2.75) is 78.1 Å². The first-order chi connectivity index (χ1) is 29.5. The van der Waals surface area contributed by atoms with E-state index in [9.17, 15) is 0 Å². The highest BCUT2D eigenvalue weighted by molar-refractivity contribution is 5.88. The Morgan fingerprint density at radius 3 is 1.82 bits per heavy atom. The van der Waals surface area contributed by atoms with Crippen LogP contribution < -0.4 is 4.57 Å². The van der Waals surface area contributed by atoms with Crippen molar-refractivity contribution in [3.05, 3.63) is 199 Å². The first-order valence-corrected chi connectivity index (χ1v) is 21.6. The van der Waals surface area contributed by atoms with Crippen LogP contribution in [0.3, 0.4) is 0 Å². The van der Waals surface area contributed by atoms with Crippen LogP contribution in [-0.2, 0) is 10.8 Å². The molecule has 0 bridgehead atoms. The van der Waals surface area contributed by atoms with Crippen LogP contribution in [0, 0.1) is 6.33 Å². The predicted molar refractivity (Wildman–Crippen MR) is 252 cm³/mol. The standard InChI is InChI=1S/C56H55N5/c1-38(2)44-26-18-27-45(39(3)4)52(44)59-35-34-57-54(59)48-32-33-51(58-48)56(7,8)55(5,6)42-24-17-25-43(36-42)60-37-61(50-31-16-15-30-49(50)60)53-46(40-20-11-9-12-21-40)28-19-29-47(53)41-22-13-10-14-23-41/h9-36,38-39,58H,1-8H3. The van der Waals surface area contributed by atoms with E-state index in [2.05, 4.69) is 244 Å². The molecule has 1 N–H and O–H groups in total. The summed E-state index contributed by atoms with van der Waals surface area (Å²) >= 11 is 0. The number of benzene rings is 6. The van der Waals surface area contributed by atoms with Gasteiger partial charge in [-0.05, 0) is 80.5 Å². The maximum absolute atomic E-state index is 4.94. The van der Waals surface area contributed by atoms with Gasteiger partial charge < -0.3 is 4.98 Å². The number of nitrogens with zero attached hydrogens (tertiary/aromatic N) is 4. The molecule has 0 amide bonds. The summed E-state index contributed by atoms with van der Waals surface area (Å²) < 4.78 is 6.77. The van der Waals surface area contributed by atoms with Gasteiger partial charge in [0.05, 0.1) is 33.8 Å². The summed E-state index contributed by atoms with van der Waals surface area (Å²) in [7, 11) is 0. The van der Waals surface area contributed by atoms with E-state index >= 15 is 0 Å². The lowest BCUT2D eigenvalue weighted by molar-refractivity contribution is -0.572. The van der Waals surface area contributed by atoms with E-state index in [-0.39, 0.29) is 10.8 Å². The Labute approximate surface area is 361 Å². The number of rotatable bonds is 11. The van der Waals surface area contributed by atoms with Crippen molar-refractivity contribution in [3.8, 4) is 50.8 Å². The zero-order valence-corrected chi connectivity index (χ0v) is 36.6. The third kappa shape index (κ3) is 6.92. The second-order valence-corrected chi connectivity index (χ2v) is 18.0. The summed E-state index contributed by atoms with van der Waals surface area (Å²) in [5.41, 5.74) is 15.7. The molecule has 0 unspecified atom stereocenters. The molecule has 61 heavy (non-hydrogen) atoms. The van der Waals surface area contributed by atoms with Gasteiger partial charge in [0.15, 0.2) is 5.82 Å². The molecule has 0 spiro atoms. The normalized spacial score (nSPS) is 12.2. The summed E-state index contributed by atoms with van der Waals surface area (Å²) in [5.74, 6) is 1.68. The van der Waals surface area contributed by atoms with Crippen molar-refractivity contribution < 1.29 is 4.57 Å². The first kappa shape index (κ1) is 39.7. The second kappa shape index (κ2) is 15.7. The minimum Gasteiger partial charge on any atom is -0.355 e. The lowest BCUT2D eigenvalue weighted by Gasteiger charge is -2.42. The number of hydrogen-bond donors (Lipinski definition) is 1. The fourth-order valence-electron chi connectivity index (χ4n) is 9.00. The highest BCUT2D eigenvalue weighted by Crippen LogP contribution is 2.45. The zero-order chi connectivity index (χ0) is 42.5. The molecule has 0 saturated heterocycles. The van der Waals surface area contributed by atoms with Crippen molar-refractivity contribution >= 4 is 11.0 Å². The number of H-pyrrole nitrogens is 1. The van der Waals surface area contributed by atoms with Gasteiger partial charge in [-0.15, -0.1) is 0 Å². The fourth-order valence-corrected chi connectivity index (χ4v) is 9.00. The Kier molecular flexibility index (Phi) is 10.2. The largest absolute Gasteiger partial charge is 0.355 e. The smallest absolute Gasteiger partial charge is 0.269 e. The second-order valence-electron chi connectivity index (χ2n) is 18.0. The van der Waals surface area contributed by atoms with Crippen LogP contribution in [0.4, 0.5) is 0 Å². The van der Waals surface area contributed by atoms with Crippen LogP contribution in [0.5, 0.6) is 0 Å². The molecule has 0 saturated carbocycles. The average Bonchev–Trinajstić information content (AvgIpc) is 4.06. The Hall–Kier alpha value is -6.72. The van der Waals surface area contributed by atoms with Gasteiger partial charge in [-0.2, -0.15) is 0 Å². The summed E-state index contributed by atoms with van der Waals surface area (Å²) in [4.78, 5) is 8.81. The Balaban J connectivity index is 1.12. The summed E-state index contributed by atoms with van der Waals surface area (Å²) in [6.45, 7) is 18.5. The molecule has 3 aromatic heterocycles. The number of hydrogen-bond acceptors (Lipinski definition) is 1. The van der Waals surface area contributed by atoms with E-state index in [1.54, 1.807) is 0 Å². The molecule has 0 aliphatic heterocycles. The van der Waals surface area contributed by atoms with E-state index in [1.807, 2.05) is 6.20 Å². The maximum Gasteiger partial charge on any atom is 0.269 e. The number of aromatic nitrogens is 5. The maximum atomic E-state index is 4.94. The molecular formula is C56H55N5. The highest BCUT2D eigenvalue weighted by atomic mass is 15.1. The SMILES string of the molecule is CC(C)c1cccc(C(C)C)c1-n1ccnc1-c1ccc(C(C)(C)C(C)(C)c2cccc(-[n+]3[c-]n(-c4c(-c5ccccc5)cccc4-c4ccccc4)c4ccccc43)c2)[nH]1. The van der Waals surface area contributed by atoms with Gasteiger partial charge in [-0.3, -0.25) is 13.7 Å². The van der Waals surface area contributed by atoms with Crippen LogP contribution >= 0.6 is 0 Å². The Morgan fingerprint density at radius 1 is 0.590 bits per heavy atom. The van der Waals surface area contributed by atoms with Crippen molar-refractivity contribution in [3.63, 3.8) is 0 Å². The summed E-state index contributed by atoms with van der Waals surface area (Å²) in [6, 6.07) is 56.8. The van der Waals surface area contributed by atoms with Gasteiger partial charge in [-0.1, -0.05) is 189 Å². The number of nitrogens with one attached hydrogen (secondary N) is 1. The molecule has 9 aromatic rings. The highest BCUT2D eigenvalue weighted by Gasteiger charge is 2.41. The Bertz CT molecular complexity index is 2890. The number of fused-ring (bicyclic) bond motifs is 1. The van der Waals surface area contributed by atoms with Crippen LogP contribution in [0.25, 0.3) is 61.9 Å². The number of imidazole rings is 2. The van der Waals surface area contributed by atoms with Crippen molar-refractivity contribution in [2.24, 2.45) is 0 Å². The molecule has 0 aliphatic rings. The van der Waals surface area contributed by atoms with Crippen molar-refractivity contribution in [1.82, 2.24) is 19.1 Å². The molecule has 304 valence electrons. The van der Waals surface area contributed by atoms with E-state index < -0.39 is 0 Å². The molecule has 0 fully saturated rings. The molecule has 9 rings (SSSR count). The lowest BCUT2D eigenvalue weighted by atomic mass is 9.62. The van der Waals surface area contributed by atoms with E-state index in [4.69, 9.17) is 4.98 Å².